The largest absolute Gasteiger partial charge is 0.503 e. The van der Waals surface area contributed by atoms with E-state index in [0.29, 0.717) is 12.1 Å². The van der Waals surface area contributed by atoms with Crippen molar-refractivity contribution in [2.45, 2.75) is 13.3 Å². The summed E-state index contributed by atoms with van der Waals surface area (Å²) in [6.45, 7) is 2.47. The van der Waals surface area contributed by atoms with Crippen molar-refractivity contribution in [3.63, 3.8) is 0 Å². The molecule has 0 aliphatic carbocycles. The number of hydrogen-bond acceptors (Lipinski definition) is 2. The summed E-state index contributed by atoms with van der Waals surface area (Å²) in [6, 6.07) is 17.4. The van der Waals surface area contributed by atoms with Gasteiger partial charge < -0.3 is 10.0 Å². The summed E-state index contributed by atoms with van der Waals surface area (Å²) in [4.78, 5) is 14.0. The fraction of sp³-hybridized carbons (Fsp3) is 0.167. The molecule has 0 unspecified atom stereocenters. The number of rotatable bonds is 3. The number of para-hydroxylation sites is 1. The quantitative estimate of drug-likeness (QED) is 0.933. The Bertz CT molecular complexity index is 704. The topological polar surface area (TPSA) is 40.5 Å². The standard InChI is InChI=1S/C18H17NO2/c1-2-13-8-6-7-11-16(13)19-12-15(17(20)18(19)21)14-9-4-3-5-10-14/h3-11,20H,2,12H2,1H3. The average molecular weight is 279 g/mol. The summed E-state index contributed by atoms with van der Waals surface area (Å²) in [7, 11) is 0. The van der Waals surface area contributed by atoms with Crippen LogP contribution in [-0.4, -0.2) is 17.6 Å². The molecule has 0 aromatic heterocycles. The first-order valence-electron chi connectivity index (χ1n) is 7.09. The lowest BCUT2D eigenvalue weighted by molar-refractivity contribution is -0.116. The molecule has 1 heterocycles. The molecule has 0 saturated heterocycles. The molecule has 3 rings (SSSR count). The summed E-state index contributed by atoms with van der Waals surface area (Å²) in [5.74, 6) is -0.471. The highest BCUT2D eigenvalue weighted by Gasteiger charge is 2.32. The number of benzene rings is 2. The molecule has 3 nitrogen and oxygen atoms in total. The van der Waals surface area contributed by atoms with Crippen LogP contribution in [0.3, 0.4) is 0 Å². The SMILES string of the molecule is CCc1ccccc1N1CC(c2ccccc2)=C(O)C1=O. The molecule has 0 saturated carbocycles. The Hall–Kier alpha value is -2.55. The zero-order chi connectivity index (χ0) is 14.8. The molecule has 2 aromatic rings. The second-order valence-electron chi connectivity index (χ2n) is 5.07. The minimum atomic E-state index is -0.324. The Balaban J connectivity index is 1.98. The van der Waals surface area contributed by atoms with Crippen LogP contribution in [0.25, 0.3) is 5.57 Å². The predicted octanol–water partition coefficient (Wildman–Crippen LogP) is 3.56. The molecule has 0 bridgehead atoms. The Labute approximate surface area is 124 Å². The van der Waals surface area contributed by atoms with Gasteiger partial charge in [-0.05, 0) is 23.6 Å². The van der Waals surface area contributed by atoms with E-state index in [1.807, 2.05) is 54.6 Å². The zero-order valence-electron chi connectivity index (χ0n) is 11.9. The number of nitrogens with zero attached hydrogens (tertiary/aromatic N) is 1. The molecule has 106 valence electrons. The van der Waals surface area contributed by atoms with E-state index in [2.05, 4.69) is 6.92 Å². The van der Waals surface area contributed by atoms with E-state index < -0.39 is 0 Å². The Morgan fingerprint density at radius 2 is 1.71 bits per heavy atom. The molecule has 3 heteroatoms. The molecular weight excluding hydrogens is 262 g/mol. The van der Waals surface area contributed by atoms with Crippen molar-refractivity contribution in [2.75, 3.05) is 11.4 Å². The second kappa shape index (κ2) is 5.44. The van der Waals surface area contributed by atoms with Crippen LogP contribution in [0, 0.1) is 0 Å². The maximum absolute atomic E-state index is 12.4. The van der Waals surface area contributed by atoms with Gasteiger partial charge in [0, 0.05) is 11.3 Å². The van der Waals surface area contributed by atoms with Crippen molar-refractivity contribution in [1.29, 1.82) is 0 Å². The van der Waals surface area contributed by atoms with Gasteiger partial charge in [-0.3, -0.25) is 4.79 Å². The van der Waals surface area contributed by atoms with Gasteiger partial charge in [-0.15, -0.1) is 0 Å². The van der Waals surface area contributed by atoms with E-state index in [4.69, 9.17) is 0 Å². The third-order valence-corrected chi connectivity index (χ3v) is 3.84. The molecule has 0 fully saturated rings. The van der Waals surface area contributed by atoms with Gasteiger partial charge in [0.05, 0.1) is 6.54 Å². The van der Waals surface area contributed by atoms with Crippen LogP contribution >= 0.6 is 0 Å². The fourth-order valence-corrected chi connectivity index (χ4v) is 2.70. The number of amides is 1. The van der Waals surface area contributed by atoms with Crippen molar-refractivity contribution in [3.8, 4) is 0 Å². The molecule has 0 atom stereocenters. The molecular formula is C18H17NO2. The minimum Gasteiger partial charge on any atom is -0.503 e. The highest BCUT2D eigenvalue weighted by molar-refractivity contribution is 6.14. The van der Waals surface area contributed by atoms with Crippen LogP contribution in [0.5, 0.6) is 0 Å². The van der Waals surface area contributed by atoms with Crippen molar-refractivity contribution in [3.05, 3.63) is 71.5 Å². The molecule has 1 aliphatic heterocycles. The van der Waals surface area contributed by atoms with Gasteiger partial charge in [0.25, 0.3) is 5.91 Å². The molecule has 2 aromatic carbocycles. The van der Waals surface area contributed by atoms with Gasteiger partial charge in [-0.2, -0.15) is 0 Å². The Kier molecular flexibility index (Phi) is 3.48. The number of hydrogen-bond donors (Lipinski definition) is 1. The molecule has 0 spiro atoms. The number of aryl methyl sites for hydroxylation is 1. The molecule has 1 amide bonds. The van der Waals surface area contributed by atoms with E-state index in [9.17, 15) is 9.90 Å². The summed E-state index contributed by atoms with van der Waals surface area (Å²) in [6.07, 6.45) is 0.849. The lowest BCUT2D eigenvalue weighted by Crippen LogP contribution is -2.27. The van der Waals surface area contributed by atoms with Gasteiger partial charge in [-0.1, -0.05) is 55.5 Å². The van der Waals surface area contributed by atoms with E-state index in [1.54, 1.807) is 4.90 Å². The first kappa shape index (κ1) is 13.4. The van der Waals surface area contributed by atoms with Crippen molar-refractivity contribution in [2.24, 2.45) is 0 Å². The van der Waals surface area contributed by atoms with E-state index in [0.717, 1.165) is 23.2 Å². The Morgan fingerprint density at radius 3 is 2.43 bits per heavy atom. The van der Waals surface area contributed by atoms with Crippen LogP contribution in [-0.2, 0) is 11.2 Å². The van der Waals surface area contributed by atoms with Crippen molar-refractivity contribution >= 4 is 17.2 Å². The molecule has 21 heavy (non-hydrogen) atoms. The number of aliphatic hydroxyl groups excluding tert-OH is 1. The van der Waals surface area contributed by atoms with E-state index in [-0.39, 0.29) is 11.7 Å². The predicted molar refractivity (Wildman–Crippen MR) is 84.2 cm³/mol. The average Bonchev–Trinajstić information content (AvgIpc) is 2.84. The van der Waals surface area contributed by atoms with Crippen LogP contribution in [0.4, 0.5) is 5.69 Å². The van der Waals surface area contributed by atoms with E-state index >= 15 is 0 Å². The summed E-state index contributed by atoms with van der Waals surface area (Å²) < 4.78 is 0. The van der Waals surface area contributed by atoms with E-state index in [1.165, 1.54) is 0 Å². The first-order valence-corrected chi connectivity index (χ1v) is 7.09. The number of carbonyl (C=O) groups is 1. The molecule has 1 aliphatic rings. The number of aliphatic hydroxyl groups is 1. The van der Waals surface area contributed by atoms with Crippen LogP contribution in [0.1, 0.15) is 18.1 Å². The Morgan fingerprint density at radius 1 is 1.05 bits per heavy atom. The van der Waals surface area contributed by atoms with Gasteiger partial charge in [0.15, 0.2) is 5.76 Å². The maximum atomic E-state index is 12.4. The third-order valence-electron chi connectivity index (χ3n) is 3.84. The normalized spacial score (nSPS) is 14.9. The van der Waals surface area contributed by atoms with Gasteiger partial charge in [-0.25, -0.2) is 0 Å². The lowest BCUT2D eigenvalue weighted by Gasteiger charge is -2.19. The third kappa shape index (κ3) is 2.31. The molecule has 0 radical (unpaired) electrons. The van der Waals surface area contributed by atoms with Gasteiger partial charge in [0.2, 0.25) is 0 Å². The van der Waals surface area contributed by atoms with Gasteiger partial charge >= 0.3 is 0 Å². The maximum Gasteiger partial charge on any atom is 0.293 e. The van der Waals surface area contributed by atoms with Crippen LogP contribution in [0.2, 0.25) is 0 Å². The second-order valence-corrected chi connectivity index (χ2v) is 5.07. The smallest absolute Gasteiger partial charge is 0.293 e. The highest BCUT2D eigenvalue weighted by atomic mass is 16.3. The first-order chi connectivity index (χ1) is 10.2. The highest BCUT2D eigenvalue weighted by Crippen LogP contribution is 2.32. The summed E-state index contributed by atoms with van der Waals surface area (Å²) in [5, 5.41) is 10.2. The fourth-order valence-electron chi connectivity index (χ4n) is 2.70. The summed E-state index contributed by atoms with van der Waals surface area (Å²) >= 11 is 0. The number of anilines is 1. The van der Waals surface area contributed by atoms with Crippen molar-refractivity contribution < 1.29 is 9.90 Å². The van der Waals surface area contributed by atoms with Crippen LogP contribution < -0.4 is 4.90 Å². The van der Waals surface area contributed by atoms with Crippen molar-refractivity contribution in [1.82, 2.24) is 0 Å². The molecule has 1 N–H and O–H groups in total. The monoisotopic (exact) mass is 279 g/mol. The zero-order valence-corrected chi connectivity index (χ0v) is 11.9. The minimum absolute atomic E-state index is 0.146. The van der Waals surface area contributed by atoms with Gasteiger partial charge in [0.1, 0.15) is 0 Å². The number of carbonyl (C=O) groups excluding carboxylic acids is 1. The van der Waals surface area contributed by atoms with Crippen LogP contribution in [0.15, 0.2) is 60.4 Å². The summed E-state index contributed by atoms with van der Waals surface area (Å²) in [5.41, 5.74) is 3.56. The lowest BCUT2D eigenvalue weighted by atomic mass is 10.1.